The maximum absolute atomic E-state index is 12.6. The van der Waals surface area contributed by atoms with E-state index in [0.29, 0.717) is 18.1 Å². The zero-order chi connectivity index (χ0) is 23.1. The molecule has 2 N–H and O–H groups in total. The van der Waals surface area contributed by atoms with E-state index in [-0.39, 0.29) is 30.3 Å². The number of amides is 1. The number of esters is 1. The second kappa shape index (κ2) is 10.7. The summed E-state index contributed by atoms with van der Waals surface area (Å²) in [5.41, 5.74) is 1.85. The summed E-state index contributed by atoms with van der Waals surface area (Å²) in [6, 6.07) is 16.9. The van der Waals surface area contributed by atoms with Gasteiger partial charge in [-0.05, 0) is 30.0 Å². The van der Waals surface area contributed by atoms with E-state index in [9.17, 15) is 9.59 Å². The third-order valence-electron chi connectivity index (χ3n) is 5.32. The fraction of sp³-hybridized carbons (Fsp3) is 0.360. The fourth-order valence-electron chi connectivity index (χ4n) is 3.49. The molecule has 0 saturated heterocycles. The highest BCUT2D eigenvalue weighted by molar-refractivity contribution is 5.91. The summed E-state index contributed by atoms with van der Waals surface area (Å²) in [5.74, 6) is 0.417. The lowest BCUT2D eigenvalue weighted by atomic mass is 10.0. The summed E-state index contributed by atoms with van der Waals surface area (Å²) < 4.78 is 4.94. The van der Waals surface area contributed by atoms with Crippen LogP contribution in [0.4, 0.5) is 5.82 Å². The van der Waals surface area contributed by atoms with Crippen LogP contribution in [0.25, 0.3) is 10.9 Å². The molecule has 3 aromatic rings. The number of nitrogens with zero attached hydrogens (tertiary/aromatic N) is 2. The summed E-state index contributed by atoms with van der Waals surface area (Å²) in [6.07, 6.45) is 0.660. The molecule has 0 aliphatic carbocycles. The Morgan fingerprint density at radius 2 is 1.66 bits per heavy atom. The number of carbonyl (C=O) groups excluding carboxylic acids is 2. The monoisotopic (exact) mass is 434 g/mol. The van der Waals surface area contributed by atoms with Crippen molar-refractivity contribution in [2.24, 2.45) is 11.8 Å². The van der Waals surface area contributed by atoms with Crippen LogP contribution >= 0.6 is 0 Å². The number of fused-ring (bicyclic) bond motifs is 1. The molecule has 0 radical (unpaired) electrons. The first kappa shape index (κ1) is 23.2. The van der Waals surface area contributed by atoms with Gasteiger partial charge in [0.1, 0.15) is 11.9 Å². The Bertz CT molecular complexity index is 1070. The highest BCUT2D eigenvalue weighted by Crippen LogP contribution is 2.22. The molecule has 1 unspecified atom stereocenters. The number of anilines is 1. The van der Waals surface area contributed by atoms with Gasteiger partial charge in [0.2, 0.25) is 5.91 Å². The van der Waals surface area contributed by atoms with Crippen LogP contribution in [0.15, 0.2) is 54.6 Å². The van der Waals surface area contributed by atoms with Gasteiger partial charge in [0, 0.05) is 11.3 Å². The number of para-hydroxylation sites is 1. The molecule has 1 heterocycles. The molecule has 7 heteroatoms. The average molecular weight is 435 g/mol. The summed E-state index contributed by atoms with van der Waals surface area (Å²) in [7, 11) is 1.37. The van der Waals surface area contributed by atoms with Gasteiger partial charge in [0.15, 0.2) is 5.82 Å². The van der Waals surface area contributed by atoms with Crippen molar-refractivity contribution < 1.29 is 14.3 Å². The van der Waals surface area contributed by atoms with Crippen molar-refractivity contribution >= 4 is 28.6 Å². The molecule has 0 spiro atoms. The van der Waals surface area contributed by atoms with E-state index < -0.39 is 6.04 Å². The number of ether oxygens (including phenoxy) is 1. The Morgan fingerprint density at radius 1 is 0.969 bits per heavy atom. The Morgan fingerprint density at radius 3 is 2.34 bits per heavy atom. The van der Waals surface area contributed by atoms with Crippen LogP contribution in [-0.2, 0) is 27.3 Å². The SMILES string of the molecule is COC(=O)[C@@H](Nc1nc(CNC(=O)C(C)Cc2ccccc2)nc2ccccc12)C(C)C. The van der Waals surface area contributed by atoms with Crippen LogP contribution in [0.2, 0.25) is 0 Å². The molecule has 7 nitrogen and oxygen atoms in total. The molecule has 0 aliphatic heterocycles. The average Bonchev–Trinajstić information content (AvgIpc) is 2.80. The maximum Gasteiger partial charge on any atom is 0.328 e. The summed E-state index contributed by atoms with van der Waals surface area (Å²) in [4.78, 5) is 34.1. The first-order chi connectivity index (χ1) is 15.4. The van der Waals surface area contributed by atoms with Crippen molar-refractivity contribution in [2.45, 2.75) is 39.8 Å². The lowest BCUT2D eigenvalue weighted by molar-refractivity contribution is -0.142. The molecule has 0 fully saturated rings. The highest BCUT2D eigenvalue weighted by Gasteiger charge is 2.24. The van der Waals surface area contributed by atoms with Gasteiger partial charge in [0.25, 0.3) is 0 Å². The minimum absolute atomic E-state index is 0.00170. The Labute approximate surface area is 188 Å². The van der Waals surface area contributed by atoms with E-state index in [4.69, 9.17) is 4.74 Å². The minimum atomic E-state index is -0.549. The van der Waals surface area contributed by atoms with Gasteiger partial charge in [0.05, 0.1) is 19.2 Å². The Hall–Kier alpha value is -3.48. The molecular weight excluding hydrogens is 404 g/mol. The first-order valence-corrected chi connectivity index (χ1v) is 10.8. The van der Waals surface area contributed by atoms with E-state index in [2.05, 4.69) is 20.6 Å². The zero-order valence-corrected chi connectivity index (χ0v) is 19.0. The van der Waals surface area contributed by atoms with E-state index in [1.165, 1.54) is 7.11 Å². The third kappa shape index (κ3) is 5.81. The van der Waals surface area contributed by atoms with Crippen LogP contribution in [-0.4, -0.2) is 35.0 Å². The molecule has 2 aromatic carbocycles. The molecule has 32 heavy (non-hydrogen) atoms. The van der Waals surface area contributed by atoms with Gasteiger partial charge < -0.3 is 15.4 Å². The molecule has 168 valence electrons. The summed E-state index contributed by atoms with van der Waals surface area (Å²) in [6.45, 7) is 5.97. The number of methoxy groups -OCH3 is 1. The highest BCUT2D eigenvalue weighted by atomic mass is 16.5. The van der Waals surface area contributed by atoms with Crippen molar-refractivity contribution in [3.63, 3.8) is 0 Å². The number of benzene rings is 2. The van der Waals surface area contributed by atoms with Crippen molar-refractivity contribution in [3.8, 4) is 0 Å². The number of carbonyl (C=O) groups is 2. The van der Waals surface area contributed by atoms with E-state index >= 15 is 0 Å². The van der Waals surface area contributed by atoms with E-state index in [0.717, 1.165) is 16.5 Å². The van der Waals surface area contributed by atoms with Crippen LogP contribution in [0.5, 0.6) is 0 Å². The number of hydrogen-bond acceptors (Lipinski definition) is 6. The van der Waals surface area contributed by atoms with Crippen LogP contribution in [0.1, 0.15) is 32.2 Å². The smallest absolute Gasteiger partial charge is 0.328 e. The molecular formula is C25H30N4O3. The van der Waals surface area contributed by atoms with E-state index in [1.54, 1.807) is 0 Å². The van der Waals surface area contributed by atoms with Gasteiger partial charge in [-0.2, -0.15) is 0 Å². The molecule has 0 saturated carbocycles. The molecule has 3 rings (SSSR count). The number of aromatic nitrogens is 2. The predicted octanol–water partition coefficient (Wildman–Crippen LogP) is 3.73. The standard InChI is InChI=1S/C25H30N4O3/c1-16(2)22(25(31)32-4)29-23-19-12-8-9-13-20(19)27-21(28-23)15-26-24(30)17(3)14-18-10-6-5-7-11-18/h5-13,16-17,22H,14-15H2,1-4H3,(H,26,30)(H,27,28,29)/t17?,22-/m0/s1. The Kier molecular flexibility index (Phi) is 7.76. The van der Waals surface area contributed by atoms with Gasteiger partial charge in [-0.15, -0.1) is 0 Å². The van der Waals surface area contributed by atoms with Crippen molar-refractivity contribution in [1.82, 2.24) is 15.3 Å². The van der Waals surface area contributed by atoms with Crippen LogP contribution < -0.4 is 10.6 Å². The quantitative estimate of drug-likeness (QED) is 0.499. The lowest BCUT2D eigenvalue weighted by Crippen LogP contribution is -2.36. The lowest BCUT2D eigenvalue weighted by Gasteiger charge is -2.21. The van der Waals surface area contributed by atoms with Crippen molar-refractivity contribution in [2.75, 3.05) is 12.4 Å². The van der Waals surface area contributed by atoms with Crippen molar-refractivity contribution in [1.29, 1.82) is 0 Å². The predicted molar refractivity (Wildman–Crippen MR) is 125 cm³/mol. The molecule has 1 aromatic heterocycles. The minimum Gasteiger partial charge on any atom is -0.467 e. The summed E-state index contributed by atoms with van der Waals surface area (Å²) in [5, 5.41) is 6.96. The second-order valence-corrected chi connectivity index (χ2v) is 8.20. The molecule has 1 amide bonds. The number of nitrogens with one attached hydrogen (secondary N) is 2. The third-order valence-corrected chi connectivity index (χ3v) is 5.32. The first-order valence-electron chi connectivity index (χ1n) is 10.8. The van der Waals surface area contributed by atoms with Crippen LogP contribution in [0, 0.1) is 11.8 Å². The molecule has 2 atom stereocenters. The molecule has 0 bridgehead atoms. The van der Waals surface area contributed by atoms with E-state index in [1.807, 2.05) is 75.4 Å². The largest absolute Gasteiger partial charge is 0.467 e. The number of rotatable bonds is 9. The van der Waals surface area contributed by atoms with Gasteiger partial charge >= 0.3 is 5.97 Å². The van der Waals surface area contributed by atoms with Gasteiger partial charge in [-0.1, -0.05) is 63.2 Å². The summed E-state index contributed by atoms with van der Waals surface area (Å²) >= 11 is 0. The zero-order valence-electron chi connectivity index (χ0n) is 19.0. The fourth-order valence-corrected chi connectivity index (χ4v) is 3.49. The number of hydrogen-bond donors (Lipinski definition) is 2. The van der Waals surface area contributed by atoms with Crippen LogP contribution in [0.3, 0.4) is 0 Å². The normalized spacial score (nSPS) is 12.9. The Balaban J connectivity index is 1.77. The van der Waals surface area contributed by atoms with Gasteiger partial charge in [-0.3, -0.25) is 4.79 Å². The second-order valence-electron chi connectivity index (χ2n) is 8.20. The van der Waals surface area contributed by atoms with Gasteiger partial charge in [-0.25, -0.2) is 14.8 Å². The maximum atomic E-state index is 12.6. The van der Waals surface area contributed by atoms with Crippen molar-refractivity contribution in [3.05, 3.63) is 66.0 Å². The topological polar surface area (TPSA) is 93.2 Å². The molecule has 0 aliphatic rings.